The second-order valence-corrected chi connectivity index (χ2v) is 7.50. The Morgan fingerprint density at radius 3 is 3.00 bits per heavy atom. The molecule has 0 bridgehead atoms. The number of rotatable bonds is 6. The van der Waals surface area contributed by atoms with Gasteiger partial charge < -0.3 is 10.4 Å². The van der Waals surface area contributed by atoms with Crippen LogP contribution in [-0.2, 0) is 6.54 Å². The minimum atomic E-state index is -0.0399. The van der Waals surface area contributed by atoms with Gasteiger partial charge in [0.15, 0.2) is 0 Å². The van der Waals surface area contributed by atoms with Crippen molar-refractivity contribution in [2.45, 2.75) is 58.0 Å². The van der Waals surface area contributed by atoms with Gasteiger partial charge in [0, 0.05) is 17.0 Å². The Morgan fingerprint density at radius 1 is 1.53 bits per heavy atom. The first-order chi connectivity index (χ1) is 9.13. The lowest BCUT2D eigenvalue weighted by Crippen LogP contribution is -2.51. The highest BCUT2D eigenvalue weighted by Crippen LogP contribution is 2.36. The molecule has 1 saturated carbocycles. The van der Waals surface area contributed by atoms with E-state index in [4.69, 9.17) is 0 Å². The summed E-state index contributed by atoms with van der Waals surface area (Å²) in [5.74, 6) is 1.54. The van der Waals surface area contributed by atoms with Crippen LogP contribution in [0.15, 0.2) is 17.5 Å². The Kier molecular flexibility index (Phi) is 5.43. The lowest BCUT2D eigenvalue weighted by atomic mass is 9.73. The zero-order valence-electron chi connectivity index (χ0n) is 12.2. The molecule has 1 aliphatic carbocycles. The van der Waals surface area contributed by atoms with Gasteiger partial charge in [-0.15, -0.1) is 11.3 Å². The molecule has 0 amide bonds. The number of hydrogen-bond donors (Lipinski definition) is 2. The SMILES string of the molecule is CC(C)CC1CCCC(CO)(NCc2cccs2)C1. The maximum atomic E-state index is 9.86. The summed E-state index contributed by atoms with van der Waals surface area (Å²) in [7, 11) is 0. The molecule has 1 aromatic rings. The van der Waals surface area contributed by atoms with Gasteiger partial charge in [0.05, 0.1) is 6.61 Å². The molecule has 0 spiro atoms. The summed E-state index contributed by atoms with van der Waals surface area (Å²) >= 11 is 1.79. The van der Waals surface area contributed by atoms with E-state index in [0.29, 0.717) is 0 Å². The molecule has 0 saturated heterocycles. The van der Waals surface area contributed by atoms with Crippen LogP contribution >= 0.6 is 11.3 Å². The zero-order valence-corrected chi connectivity index (χ0v) is 13.0. The molecule has 1 aliphatic rings. The maximum absolute atomic E-state index is 9.86. The van der Waals surface area contributed by atoms with Gasteiger partial charge in [0.25, 0.3) is 0 Å². The average Bonchev–Trinajstić information content (AvgIpc) is 2.89. The fourth-order valence-corrected chi connectivity index (χ4v) is 4.05. The van der Waals surface area contributed by atoms with Crippen LogP contribution in [0.3, 0.4) is 0 Å². The fourth-order valence-electron chi connectivity index (χ4n) is 3.40. The van der Waals surface area contributed by atoms with Crippen molar-refractivity contribution in [2.24, 2.45) is 11.8 Å². The van der Waals surface area contributed by atoms with Crippen LogP contribution in [0, 0.1) is 11.8 Å². The highest BCUT2D eigenvalue weighted by molar-refractivity contribution is 7.09. The van der Waals surface area contributed by atoms with Crippen molar-refractivity contribution in [3.8, 4) is 0 Å². The van der Waals surface area contributed by atoms with E-state index in [9.17, 15) is 5.11 Å². The van der Waals surface area contributed by atoms with Gasteiger partial charge in [-0.25, -0.2) is 0 Å². The number of hydrogen-bond acceptors (Lipinski definition) is 3. The zero-order chi connectivity index (χ0) is 13.7. The first-order valence-corrected chi connectivity index (χ1v) is 8.40. The van der Waals surface area contributed by atoms with Crippen molar-refractivity contribution in [1.82, 2.24) is 5.32 Å². The first-order valence-electron chi connectivity index (χ1n) is 7.52. The third-order valence-electron chi connectivity index (χ3n) is 4.27. The molecule has 1 fully saturated rings. The predicted molar refractivity (Wildman–Crippen MR) is 82.4 cm³/mol. The van der Waals surface area contributed by atoms with Crippen LogP contribution in [0.2, 0.25) is 0 Å². The Morgan fingerprint density at radius 2 is 2.37 bits per heavy atom. The number of aliphatic hydroxyl groups is 1. The van der Waals surface area contributed by atoms with E-state index in [-0.39, 0.29) is 12.1 Å². The normalized spacial score (nSPS) is 27.9. The molecule has 2 unspecified atom stereocenters. The molecule has 0 aliphatic heterocycles. The van der Waals surface area contributed by atoms with E-state index >= 15 is 0 Å². The van der Waals surface area contributed by atoms with Crippen molar-refractivity contribution in [1.29, 1.82) is 0 Å². The average molecular weight is 281 g/mol. The van der Waals surface area contributed by atoms with Crippen LogP contribution in [0.5, 0.6) is 0 Å². The molecular formula is C16H27NOS. The van der Waals surface area contributed by atoms with Gasteiger partial charge in [0.2, 0.25) is 0 Å². The number of aliphatic hydroxyl groups excluding tert-OH is 1. The minimum Gasteiger partial charge on any atom is -0.394 e. The van der Waals surface area contributed by atoms with Crippen molar-refractivity contribution < 1.29 is 5.11 Å². The standard InChI is InChI=1S/C16H27NOS/c1-13(2)9-14-5-3-7-16(10-14,12-18)17-11-15-6-4-8-19-15/h4,6,8,13-14,17-18H,3,5,7,9-12H2,1-2H3. The molecule has 2 rings (SSSR count). The highest BCUT2D eigenvalue weighted by Gasteiger charge is 2.35. The second-order valence-electron chi connectivity index (χ2n) is 6.46. The Labute approximate surface area is 121 Å². The molecular weight excluding hydrogens is 254 g/mol. The van der Waals surface area contributed by atoms with Crippen molar-refractivity contribution in [2.75, 3.05) is 6.61 Å². The topological polar surface area (TPSA) is 32.3 Å². The third-order valence-corrected chi connectivity index (χ3v) is 5.15. The van der Waals surface area contributed by atoms with Crippen LogP contribution in [0.4, 0.5) is 0 Å². The lowest BCUT2D eigenvalue weighted by Gasteiger charge is -2.41. The molecule has 2 atom stereocenters. The van der Waals surface area contributed by atoms with Crippen LogP contribution in [-0.4, -0.2) is 17.3 Å². The fraction of sp³-hybridized carbons (Fsp3) is 0.750. The van der Waals surface area contributed by atoms with Gasteiger partial charge in [-0.2, -0.15) is 0 Å². The summed E-state index contributed by atoms with van der Waals surface area (Å²) in [4.78, 5) is 1.36. The number of thiophene rings is 1. The van der Waals surface area contributed by atoms with Crippen molar-refractivity contribution in [3.63, 3.8) is 0 Å². The maximum Gasteiger partial charge on any atom is 0.0613 e. The summed E-state index contributed by atoms with van der Waals surface area (Å²) in [6, 6.07) is 4.26. The molecule has 1 heterocycles. The first kappa shape index (κ1) is 15.0. The van der Waals surface area contributed by atoms with E-state index in [2.05, 4.69) is 36.7 Å². The quantitative estimate of drug-likeness (QED) is 0.831. The van der Waals surface area contributed by atoms with E-state index < -0.39 is 0 Å². The van der Waals surface area contributed by atoms with E-state index in [1.54, 1.807) is 11.3 Å². The summed E-state index contributed by atoms with van der Waals surface area (Å²) in [5.41, 5.74) is -0.0399. The summed E-state index contributed by atoms with van der Waals surface area (Å²) < 4.78 is 0. The molecule has 3 heteroatoms. The smallest absolute Gasteiger partial charge is 0.0613 e. The van der Waals surface area contributed by atoms with E-state index in [1.165, 1.54) is 24.1 Å². The Bertz CT molecular complexity index is 363. The summed E-state index contributed by atoms with van der Waals surface area (Å²) in [5, 5.41) is 15.6. The number of nitrogens with one attached hydrogen (secondary N) is 1. The van der Waals surface area contributed by atoms with E-state index in [1.807, 2.05) is 0 Å². The van der Waals surface area contributed by atoms with Crippen LogP contribution < -0.4 is 5.32 Å². The van der Waals surface area contributed by atoms with Crippen LogP contribution in [0.25, 0.3) is 0 Å². The summed E-state index contributed by atoms with van der Waals surface area (Å²) in [6.45, 7) is 5.77. The summed E-state index contributed by atoms with van der Waals surface area (Å²) in [6.07, 6.45) is 6.12. The minimum absolute atomic E-state index is 0.0399. The third kappa shape index (κ3) is 4.30. The largest absolute Gasteiger partial charge is 0.394 e. The molecule has 2 nitrogen and oxygen atoms in total. The molecule has 2 N–H and O–H groups in total. The Hall–Kier alpha value is -0.380. The monoisotopic (exact) mass is 281 g/mol. The van der Waals surface area contributed by atoms with Gasteiger partial charge in [-0.05, 0) is 42.5 Å². The second kappa shape index (κ2) is 6.87. The van der Waals surface area contributed by atoms with Crippen molar-refractivity contribution in [3.05, 3.63) is 22.4 Å². The van der Waals surface area contributed by atoms with Crippen molar-refractivity contribution >= 4 is 11.3 Å². The van der Waals surface area contributed by atoms with Gasteiger partial charge in [-0.1, -0.05) is 32.8 Å². The molecule has 0 aromatic carbocycles. The van der Waals surface area contributed by atoms with Gasteiger partial charge >= 0.3 is 0 Å². The lowest BCUT2D eigenvalue weighted by molar-refractivity contribution is 0.0876. The predicted octanol–water partition coefficient (Wildman–Crippen LogP) is 3.81. The molecule has 0 radical (unpaired) electrons. The highest BCUT2D eigenvalue weighted by atomic mass is 32.1. The molecule has 19 heavy (non-hydrogen) atoms. The molecule has 1 aromatic heterocycles. The Balaban J connectivity index is 1.92. The van der Waals surface area contributed by atoms with Crippen LogP contribution in [0.1, 0.15) is 50.8 Å². The van der Waals surface area contributed by atoms with Gasteiger partial charge in [0.1, 0.15) is 0 Å². The van der Waals surface area contributed by atoms with E-state index in [0.717, 1.165) is 31.2 Å². The molecule has 108 valence electrons. The van der Waals surface area contributed by atoms with Gasteiger partial charge in [-0.3, -0.25) is 0 Å².